The van der Waals surface area contributed by atoms with Crippen LogP contribution in [0.1, 0.15) is 29.8 Å². The number of aliphatic hydroxyl groups is 1. The van der Waals surface area contributed by atoms with Crippen LogP contribution in [-0.2, 0) is 5.60 Å². The van der Waals surface area contributed by atoms with Crippen molar-refractivity contribution in [1.29, 1.82) is 0 Å². The minimum absolute atomic E-state index is 0.529. The minimum Gasteiger partial charge on any atom is -0.472 e. The Labute approximate surface area is 87.6 Å². The van der Waals surface area contributed by atoms with Crippen molar-refractivity contribution in [3.63, 3.8) is 0 Å². The summed E-state index contributed by atoms with van der Waals surface area (Å²) in [7, 11) is 0. The van der Waals surface area contributed by atoms with E-state index in [1.54, 1.807) is 26.8 Å². The van der Waals surface area contributed by atoms with Gasteiger partial charge in [0, 0.05) is 12.5 Å². The number of hydrogen-bond acceptors (Lipinski definition) is 4. The molecule has 0 aliphatic rings. The summed E-state index contributed by atoms with van der Waals surface area (Å²) in [5.74, 6) is 1.17. The van der Waals surface area contributed by atoms with E-state index in [1.165, 1.54) is 12.5 Å². The molecule has 80 valence electrons. The Morgan fingerprint density at radius 2 is 2.13 bits per heavy atom. The lowest BCUT2D eigenvalue weighted by atomic mass is 9.94. The summed E-state index contributed by atoms with van der Waals surface area (Å²) in [4.78, 5) is 4.18. The summed E-state index contributed by atoms with van der Waals surface area (Å²) in [6.07, 6.45) is 3.02. The van der Waals surface area contributed by atoms with Gasteiger partial charge in [0.2, 0.25) is 0 Å². The second-order valence-electron chi connectivity index (χ2n) is 3.72. The van der Waals surface area contributed by atoms with Crippen molar-refractivity contribution in [3.8, 4) is 0 Å². The molecule has 1 unspecified atom stereocenters. The van der Waals surface area contributed by atoms with Gasteiger partial charge in [-0.05, 0) is 19.9 Å². The van der Waals surface area contributed by atoms with Gasteiger partial charge in [-0.3, -0.25) is 0 Å². The van der Waals surface area contributed by atoms with Crippen LogP contribution in [0.25, 0.3) is 0 Å². The molecular weight excluding hydrogens is 194 g/mol. The first-order valence-electron chi connectivity index (χ1n) is 4.71. The van der Waals surface area contributed by atoms with Crippen LogP contribution in [0.15, 0.2) is 27.4 Å². The van der Waals surface area contributed by atoms with E-state index in [4.69, 9.17) is 8.83 Å². The first-order chi connectivity index (χ1) is 7.01. The average molecular weight is 207 g/mol. The number of aromatic nitrogens is 1. The molecule has 2 aromatic heterocycles. The second-order valence-corrected chi connectivity index (χ2v) is 3.72. The van der Waals surface area contributed by atoms with Gasteiger partial charge in [-0.1, -0.05) is 0 Å². The number of nitrogens with zero attached hydrogens (tertiary/aromatic N) is 1. The van der Waals surface area contributed by atoms with Crippen LogP contribution in [0.5, 0.6) is 0 Å². The van der Waals surface area contributed by atoms with E-state index in [0.717, 1.165) is 0 Å². The van der Waals surface area contributed by atoms with Crippen molar-refractivity contribution in [2.24, 2.45) is 0 Å². The summed E-state index contributed by atoms with van der Waals surface area (Å²) in [6, 6.07) is 1.71. The molecule has 1 N–H and O–H groups in total. The van der Waals surface area contributed by atoms with Crippen molar-refractivity contribution in [2.75, 3.05) is 0 Å². The maximum absolute atomic E-state index is 10.4. The highest BCUT2D eigenvalue weighted by atomic mass is 16.4. The Morgan fingerprint density at radius 3 is 2.60 bits per heavy atom. The van der Waals surface area contributed by atoms with Gasteiger partial charge >= 0.3 is 0 Å². The third-order valence-corrected chi connectivity index (χ3v) is 2.45. The number of furan rings is 1. The summed E-state index contributed by atoms with van der Waals surface area (Å²) >= 11 is 0. The lowest BCUT2D eigenvalue weighted by Gasteiger charge is -2.19. The highest BCUT2D eigenvalue weighted by molar-refractivity contribution is 5.30. The van der Waals surface area contributed by atoms with E-state index in [2.05, 4.69) is 4.98 Å². The van der Waals surface area contributed by atoms with Crippen molar-refractivity contribution in [3.05, 3.63) is 41.5 Å². The molecule has 2 heterocycles. The van der Waals surface area contributed by atoms with Gasteiger partial charge in [0.15, 0.2) is 5.89 Å². The highest BCUT2D eigenvalue weighted by Gasteiger charge is 2.32. The molecule has 0 saturated heterocycles. The van der Waals surface area contributed by atoms with Gasteiger partial charge in [0.1, 0.15) is 17.1 Å². The Hall–Kier alpha value is -1.55. The molecule has 0 bridgehead atoms. The first-order valence-corrected chi connectivity index (χ1v) is 4.71. The molecule has 2 rings (SSSR count). The second kappa shape index (κ2) is 3.24. The van der Waals surface area contributed by atoms with Gasteiger partial charge in [0.05, 0.1) is 12.5 Å². The topological polar surface area (TPSA) is 59.4 Å². The molecule has 0 radical (unpaired) electrons. The largest absolute Gasteiger partial charge is 0.472 e. The van der Waals surface area contributed by atoms with E-state index in [-0.39, 0.29) is 0 Å². The lowest BCUT2D eigenvalue weighted by Crippen LogP contribution is -2.23. The SMILES string of the molecule is Cc1nc(C(C)(O)c2ccoc2)c(C)o1. The highest BCUT2D eigenvalue weighted by Crippen LogP contribution is 2.30. The predicted molar refractivity (Wildman–Crippen MR) is 53.4 cm³/mol. The van der Waals surface area contributed by atoms with Crippen LogP contribution < -0.4 is 0 Å². The van der Waals surface area contributed by atoms with Gasteiger partial charge in [-0.15, -0.1) is 0 Å². The smallest absolute Gasteiger partial charge is 0.191 e. The summed E-state index contributed by atoms with van der Waals surface area (Å²) in [5.41, 5.74) is 0.0229. The van der Waals surface area contributed by atoms with Crippen molar-refractivity contribution < 1.29 is 13.9 Å². The molecule has 0 fully saturated rings. The monoisotopic (exact) mass is 207 g/mol. The molecule has 1 atom stereocenters. The van der Waals surface area contributed by atoms with Crippen LogP contribution in [0.2, 0.25) is 0 Å². The van der Waals surface area contributed by atoms with Crippen molar-refractivity contribution in [2.45, 2.75) is 26.4 Å². The van der Waals surface area contributed by atoms with Crippen LogP contribution >= 0.6 is 0 Å². The standard InChI is InChI=1S/C11H13NO3/c1-7-10(12-8(2)15-7)11(3,13)9-4-5-14-6-9/h4-6,13H,1-3H3. The zero-order chi connectivity index (χ0) is 11.1. The molecule has 15 heavy (non-hydrogen) atoms. The molecular formula is C11H13NO3. The van der Waals surface area contributed by atoms with Gasteiger partial charge in [-0.25, -0.2) is 4.98 Å². The van der Waals surface area contributed by atoms with E-state index < -0.39 is 5.60 Å². The van der Waals surface area contributed by atoms with Crippen LogP contribution in [0, 0.1) is 13.8 Å². The van der Waals surface area contributed by atoms with E-state index in [9.17, 15) is 5.11 Å². The Balaban J connectivity index is 2.50. The number of rotatable bonds is 2. The summed E-state index contributed by atoms with van der Waals surface area (Å²) in [6.45, 7) is 5.20. The molecule has 4 nitrogen and oxygen atoms in total. The Morgan fingerprint density at radius 1 is 1.40 bits per heavy atom. The van der Waals surface area contributed by atoms with E-state index in [1.807, 2.05) is 0 Å². The molecule has 0 amide bonds. The molecule has 2 aromatic rings. The Bertz CT molecular complexity index is 454. The maximum atomic E-state index is 10.4. The minimum atomic E-state index is -1.17. The number of aryl methyl sites for hydroxylation is 2. The zero-order valence-electron chi connectivity index (χ0n) is 8.94. The van der Waals surface area contributed by atoms with Gasteiger partial charge in [0.25, 0.3) is 0 Å². The lowest BCUT2D eigenvalue weighted by molar-refractivity contribution is 0.0956. The van der Waals surface area contributed by atoms with Crippen LogP contribution in [0.3, 0.4) is 0 Å². The molecule has 0 aliphatic carbocycles. The third-order valence-electron chi connectivity index (χ3n) is 2.45. The fourth-order valence-corrected chi connectivity index (χ4v) is 1.66. The predicted octanol–water partition coefficient (Wildman–Crippen LogP) is 2.14. The fourth-order valence-electron chi connectivity index (χ4n) is 1.66. The zero-order valence-corrected chi connectivity index (χ0v) is 8.94. The molecule has 0 aliphatic heterocycles. The quantitative estimate of drug-likeness (QED) is 0.819. The molecule has 0 aromatic carbocycles. The third kappa shape index (κ3) is 1.57. The number of oxazole rings is 1. The Kier molecular flexibility index (Phi) is 2.16. The molecule has 4 heteroatoms. The molecule has 0 spiro atoms. The normalized spacial score (nSPS) is 15.2. The fraction of sp³-hybridized carbons (Fsp3) is 0.364. The maximum Gasteiger partial charge on any atom is 0.191 e. The van der Waals surface area contributed by atoms with Gasteiger partial charge in [-0.2, -0.15) is 0 Å². The summed E-state index contributed by atoms with van der Waals surface area (Å²) in [5, 5.41) is 10.4. The molecule has 0 saturated carbocycles. The van der Waals surface area contributed by atoms with E-state index in [0.29, 0.717) is 22.9 Å². The first kappa shape index (κ1) is 9.98. The van der Waals surface area contributed by atoms with E-state index >= 15 is 0 Å². The van der Waals surface area contributed by atoms with Crippen LogP contribution in [0.4, 0.5) is 0 Å². The average Bonchev–Trinajstić information content (AvgIpc) is 2.74. The van der Waals surface area contributed by atoms with Crippen molar-refractivity contribution >= 4 is 0 Å². The van der Waals surface area contributed by atoms with Crippen molar-refractivity contribution in [1.82, 2.24) is 4.98 Å². The van der Waals surface area contributed by atoms with Crippen LogP contribution in [-0.4, -0.2) is 10.1 Å². The van der Waals surface area contributed by atoms with Gasteiger partial charge < -0.3 is 13.9 Å². The summed E-state index contributed by atoms with van der Waals surface area (Å²) < 4.78 is 10.2. The number of hydrogen-bond donors (Lipinski definition) is 1.